The van der Waals surface area contributed by atoms with Crippen molar-refractivity contribution in [3.63, 3.8) is 0 Å². The number of para-hydroxylation sites is 4. The zero-order valence-corrected chi connectivity index (χ0v) is 33.5. The van der Waals surface area contributed by atoms with Gasteiger partial charge in [-0.05, 0) is 111 Å². The van der Waals surface area contributed by atoms with Gasteiger partial charge in [0.1, 0.15) is 11.2 Å². The van der Waals surface area contributed by atoms with Gasteiger partial charge in [0.05, 0.1) is 16.6 Å². The van der Waals surface area contributed by atoms with E-state index in [1.165, 1.54) is 38.1 Å². The number of hydrogen-bond donors (Lipinski definition) is 0. The number of aromatic nitrogens is 1. The number of hydrogen-bond acceptors (Lipinski definition) is 3. The second-order valence-electron chi connectivity index (χ2n) is 16.0. The summed E-state index contributed by atoms with van der Waals surface area (Å²) in [6.45, 7) is 0. The first-order chi connectivity index (χ1) is 30.8. The molecule has 4 nitrogen and oxygen atoms in total. The Morgan fingerprint density at radius 2 is 0.952 bits per heavy atom. The summed E-state index contributed by atoms with van der Waals surface area (Å²) < 4.78 is 15.6. The highest BCUT2D eigenvalue weighted by Gasteiger charge is 2.23. The summed E-state index contributed by atoms with van der Waals surface area (Å²) in [5, 5.41) is 10.6. The molecule has 0 aliphatic rings. The summed E-state index contributed by atoms with van der Waals surface area (Å²) in [7, 11) is 0. The molecule has 0 radical (unpaired) electrons. The van der Waals surface area contributed by atoms with Gasteiger partial charge < -0.3 is 13.7 Å². The Morgan fingerprint density at radius 1 is 0.371 bits per heavy atom. The molecular weight excluding hydrogens is 757 g/mol. The van der Waals surface area contributed by atoms with Crippen LogP contribution in [0.25, 0.3) is 104 Å². The van der Waals surface area contributed by atoms with Crippen molar-refractivity contribution < 1.29 is 8.83 Å². The maximum absolute atomic E-state index is 6.69. The number of fused-ring (bicyclic) bond motifs is 11. The summed E-state index contributed by atoms with van der Waals surface area (Å²) in [4.78, 5) is 2.32. The molecule has 62 heavy (non-hydrogen) atoms. The van der Waals surface area contributed by atoms with Gasteiger partial charge in [-0.2, -0.15) is 0 Å². The van der Waals surface area contributed by atoms with E-state index >= 15 is 0 Å². The number of benzene rings is 10. The lowest BCUT2D eigenvalue weighted by molar-refractivity contribution is 0.645. The van der Waals surface area contributed by atoms with E-state index in [2.05, 4.69) is 210 Å². The molecule has 3 heterocycles. The summed E-state index contributed by atoms with van der Waals surface area (Å²) in [6, 6.07) is 77.8. The van der Waals surface area contributed by atoms with Crippen molar-refractivity contribution in [2.24, 2.45) is 0 Å². The third-order valence-corrected chi connectivity index (χ3v) is 12.6. The van der Waals surface area contributed by atoms with Gasteiger partial charge in [0.2, 0.25) is 5.71 Å². The largest absolute Gasteiger partial charge is 0.454 e. The first kappa shape index (κ1) is 34.5. The Hall–Kier alpha value is -8.34. The molecule has 0 bridgehead atoms. The number of nitrogens with zero attached hydrogens (tertiary/aromatic N) is 2. The van der Waals surface area contributed by atoms with Crippen LogP contribution >= 0.6 is 0 Å². The average molecular weight is 793 g/mol. The lowest BCUT2D eigenvalue weighted by atomic mass is 9.93. The minimum Gasteiger partial charge on any atom is -0.454 e. The van der Waals surface area contributed by atoms with Crippen molar-refractivity contribution in [2.75, 3.05) is 4.90 Å². The van der Waals surface area contributed by atoms with E-state index in [-0.39, 0.29) is 0 Å². The van der Waals surface area contributed by atoms with Gasteiger partial charge in [-0.3, -0.25) is 4.57 Å². The molecule has 0 atom stereocenters. The van der Waals surface area contributed by atoms with Gasteiger partial charge >= 0.3 is 0 Å². The zero-order valence-electron chi connectivity index (χ0n) is 33.5. The van der Waals surface area contributed by atoms with Crippen LogP contribution in [-0.4, -0.2) is 4.57 Å². The molecule has 0 spiro atoms. The quantitative estimate of drug-likeness (QED) is 0.157. The maximum Gasteiger partial charge on any atom is 0.213 e. The molecule has 0 amide bonds. The highest BCUT2D eigenvalue weighted by molar-refractivity contribution is 6.24. The van der Waals surface area contributed by atoms with Crippen LogP contribution in [0.4, 0.5) is 17.1 Å². The Labute approximate surface area is 356 Å². The van der Waals surface area contributed by atoms with E-state index in [9.17, 15) is 0 Å². The standard InChI is InChI=1S/C58H36N2O2/c1-2-15-40(16-3-1)60-51-24-12-22-44(55(51)56-49-21-9-11-27-54(49)62-58(56)60)37-28-32-41(33-29-37)59(52-25-13-23-48-47-20-8-10-26-53(47)61-57(48)52)42-34-30-38(31-35-42)50-36-39-14-4-5-17-43(39)45-18-6-7-19-46(45)50/h1-36H. The SMILES string of the molecule is c1ccc(-n2c3cccc(-c4ccc(N(c5ccc(-c6cc7ccccc7c7ccccc67)cc5)c5cccc6c5oc5ccccc56)cc4)c3c3c4ccccc4oc32)cc1. The van der Waals surface area contributed by atoms with Crippen molar-refractivity contribution in [3.8, 4) is 27.9 Å². The van der Waals surface area contributed by atoms with E-state index in [1.807, 2.05) is 18.2 Å². The molecule has 0 saturated carbocycles. The Morgan fingerprint density at radius 3 is 1.71 bits per heavy atom. The number of rotatable bonds is 6. The molecule has 3 aromatic heterocycles. The fraction of sp³-hybridized carbons (Fsp3) is 0. The van der Waals surface area contributed by atoms with Gasteiger partial charge in [-0.25, -0.2) is 0 Å². The molecule has 0 N–H and O–H groups in total. The fourth-order valence-corrected chi connectivity index (χ4v) is 9.81. The summed E-state index contributed by atoms with van der Waals surface area (Å²) in [6.07, 6.45) is 0. The molecule has 0 saturated heterocycles. The molecule has 10 aromatic carbocycles. The van der Waals surface area contributed by atoms with Crippen molar-refractivity contribution in [1.29, 1.82) is 0 Å². The average Bonchev–Trinajstić information content (AvgIpc) is 4.01. The van der Waals surface area contributed by atoms with E-state index in [0.717, 1.165) is 83.4 Å². The van der Waals surface area contributed by atoms with Gasteiger partial charge in [-0.1, -0.05) is 152 Å². The highest BCUT2D eigenvalue weighted by atomic mass is 16.3. The maximum atomic E-state index is 6.69. The molecule has 0 aliphatic heterocycles. The molecule has 13 aromatic rings. The summed E-state index contributed by atoms with van der Waals surface area (Å²) in [5.74, 6) is 0. The number of furan rings is 2. The van der Waals surface area contributed by atoms with Crippen molar-refractivity contribution in [1.82, 2.24) is 4.57 Å². The summed E-state index contributed by atoms with van der Waals surface area (Å²) >= 11 is 0. The third-order valence-electron chi connectivity index (χ3n) is 12.6. The van der Waals surface area contributed by atoms with E-state index < -0.39 is 0 Å². The van der Waals surface area contributed by atoms with E-state index in [0.29, 0.717) is 0 Å². The minimum absolute atomic E-state index is 0.849. The highest BCUT2D eigenvalue weighted by Crippen LogP contribution is 2.46. The second kappa shape index (κ2) is 13.6. The van der Waals surface area contributed by atoms with Gasteiger partial charge in [0, 0.05) is 38.6 Å². The van der Waals surface area contributed by atoms with Gasteiger partial charge in [0.25, 0.3) is 0 Å². The zero-order chi connectivity index (χ0) is 40.7. The summed E-state index contributed by atoms with van der Waals surface area (Å²) in [5.41, 5.74) is 13.3. The lowest BCUT2D eigenvalue weighted by Gasteiger charge is -2.26. The molecule has 0 aliphatic carbocycles. The predicted molar refractivity (Wildman–Crippen MR) is 258 cm³/mol. The molecule has 0 unspecified atom stereocenters. The topological polar surface area (TPSA) is 34.5 Å². The van der Waals surface area contributed by atoms with Crippen LogP contribution in [0.3, 0.4) is 0 Å². The lowest BCUT2D eigenvalue weighted by Crippen LogP contribution is -2.10. The Kier molecular flexibility index (Phi) is 7.57. The van der Waals surface area contributed by atoms with Crippen LogP contribution in [0, 0.1) is 0 Å². The molecule has 0 fully saturated rings. The normalized spacial score (nSPS) is 11.9. The molecule has 4 heteroatoms. The Balaban J connectivity index is 0.984. The van der Waals surface area contributed by atoms with Crippen LogP contribution in [0.1, 0.15) is 0 Å². The van der Waals surface area contributed by atoms with E-state index in [1.54, 1.807) is 0 Å². The van der Waals surface area contributed by atoms with Crippen LogP contribution in [0.2, 0.25) is 0 Å². The van der Waals surface area contributed by atoms with Crippen molar-refractivity contribution >= 4 is 93.5 Å². The van der Waals surface area contributed by atoms with Crippen LogP contribution < -0.4 is 4.90 Å². The monoisotopic (exact) mass is 792 g/mol. The van der Waals surface area contributed by atoms with Gasteiger partial charge in [0.15, 0.2) is 5.58 Å². The fourth-order valence-electron chi connectivity index (χ4n) is 9.81. The predicted octanol–water partition coefficient (Wildman–Crippen LogP) is 16.5. The van der Waals surface area contributed by atoms with Crippen molar-refractivity contribution in [2.45, 2.75) is 0 Å². The van der Waals surface area contributed by atoms with Crippen LogP contribution in [0.5, 0.6) is 0 Å². The minimum atomic E-state index is 0.849. The van der Waals surface area contributed by atoms with E-state index in [4.69, 9.17) is 8.83 Å². The molecule has 290 valence electrons. The first-order valence-electron chi connectivity index (χ1n) is 21.1. The third kappa shape index (κ3) is 5.20. The van der Waals surface area contributed by atoms with Crippen molar-refractivity contribution in [3.05, 3.63) is 218 Å². The molecule has 13 rings (SSSR count). The second-order valence-corrected chi connectivity index (χ2v) is 16.0. The smallest absolute Gasteiger partial charge is 0.213 e. The first-order valence-corrected chi connectivity index (χ1v) is 21.1. The van der Waals surface area contributed by atoms with Crippen LogP contribution in [0.15, 0.2) is 227 Å². The number of anilines is 3. The Bertz CT molecular complexity index is 3850. The van der Waals surface area contributed by atoms with Crippen LogP contribution in [-0.2, 0) is 0 Å². The molecular formula is C58H36N2O2. The van der Waals surface area contributed by atoms with Gasteiger partial charge in [-0.15, -0.1) is 0 Å².